The molecule has 0 fully saturated rings. The summed E-state index contributed by atoms with van der Waals surface area (Å²) in [4.78, 5) is 10.6. The average molecular weight is 588 g/mol. The normalized spacial score (nSPS) is 12.5. The molecule has 0 aliphatic heterocycles. The number of aryl methyl sites for hydroxylation is 1. The van der Waals surface area contributed by atoms with Gasteiger partial charge in [0.05, 0.1) is 33.1 Å². The molecule has 0 radical (unpaired) electrons. The van der Waals surface area contributed by atoms with Gasteiger partial charge in [-0.05, 0) is 98.8 Å². The summed E-state index contributed by atoms with van der Waals surface area (Å²) in [5, 5.41) is 4.79. The average Bonchev–Trinajstić information content (AvgIpc) is 3.81. The minimum Gasteiger partial charge on any atom is -0.276 e. The van der Waals surface area contributed by atoms with Crippen LogP contribution in [-0.4, -0.2) is 23.2 Å². The summed E-state index contributed by atoms with van der Waals surface area (Å²) in [6.45, 7) is 2.21. The van der Waals surface area contributed by atoms with E-state index in [0.717, 1.165) is 50.2 Å². The first-order valence-corrected chi connectivity index (χ1v) is 15.7. The van der Waals surface area contributed by atoms with Gasteiger partial charge in [-0.15, -0.1) is 0 Å². The van der Waals surface area contributed by atoms with Crippen LogP contribution in [0.25, 0.3) is 94.0 Å². The molecule has 0 saturated carbocycles. The standard InChI is InChI=1S/C41H25N5/c1-24-15-16-30(25-9-3-2-4-10-25)17-32(24)31-22-37-39-38(23-31)45-36-21-29-14-8-6-12-27(29)19-34(36)43-41(45)46(39)40-42-33-18-26-11-5-7-13-28(26)20-35(33)44(37)40/h2-23H,1H3. The number of benzene rings is 7. The predicted octanol–water partition coefficient (Wildman–Crippen LogP) is 10.1. The molecule has 0 saturated heterocycles. The topological polar surface area (TPSA) is 39.0 Å². The van der Waals surface area contributed by atoms with Crippen molar-refractivity contribution >= 4 is 71.7 Å². The Balaban J connectivity index is 1.32. The van der Waals surface area contributed by atoms with Crippen LogP contribution in [0, 0.1) is 6.92 Å². The van der Waals surface area contributed by atoms with Gasteiger partial charge in [0.25, 0.3) is 0 Å². The zero-order valence-corrected chi connectivity index (χ0v) is 24.9. The Labute approximate surface area is 262 Å². The third-order valence-electron chi connectivity index (χ3n) is 9.84. The van der Waals surface area contributed by atoms with Crippen molar-refractivity contribution in [3.05, 3.63) is 139 Å². The van der Waals surface area contributed by atoms with Crippen molar-refractivity contribution < 1.29 is 0 Å². The van der Waals surface area contributed by atoms with Gasteiger partial charge in [0.15, 0.2) is 0 Å². The molecule has 0 unspecified atom stereocenters. The second kappa shape index (κ2) is 8.49. The molecule has 7 aromatic carbocycles. The fourth-order valence-electron chi connectivity index (χ4n) is 7.64. The Bertz CT molecular complexity index is 2870. The summed E-state index contributed by atoms with van der Waals surface area (Å²) in [5.41, 5.74) is 13.6. The molecule has 0 spiro atoms. The van der Waals surface area contributed by atoms with Gasteiger partial charge in [0, 0.05) is 0 Å². The molecule has 46 heavy (non-hydrogen) atoms. The summed E-state index contributed by atoms with van der Waals surface area (Å²) in [7, 11) is 0. The number of nitrogens with zero attached hydrogens (tertiary/aromatic N) is 5. The number of aromatic nitrogens is 5. The van der Waals surface area contributed by atoms with Gasteiger partial charge in [-0.3, -0.25) is 8.80 Å². The minimum atomic E-state index is 0.882. The number of hydrogen-bond acceptors (Lipinski definition) is 2. The van der Waals surface area contributed by atoms with Gasteiger partial charge in [0.1, 0.15) is 5.52 Å². The molecule has 4 heterocycles. The summed E-state index contributed by atoms with van der Waals surface area (Å²) >= 11 is 0. The quantitative estimate of drug-likeness (QED) is 0.202. The second-order valence-electron chi connectivity index (χ2n) is 12.5. The molecule has 0 amide bonds. The zero-order chi connectivity index (χ0) is 30.1. The Morgan fingerprint density at radius 1 is 0.413 bits per heavy atom. The van der Waals surface area contributed by atoms with Crippen LogP contribution in [0.5, 0.6) is 0 Å². The highest BCUT2D eigenvalue weighted by Crippen LogP contribution is 2.40. The van der Waals surface area contributed by atoms with E-state index in [1.54, 1.807) is 0 Å². The van der Waals surface area contributed by atoms with E-state index < -0.39 is 0 Å². The zero-order valence-electron chi connectivity index (χ0n) is 24.9. The number of rotatable bonds is 2. The van der Waals surface area contributed by atoms with Crippen LogP contribution >= 0.6 is 0 Å². The summed E-state index contributed by atoms with van der Waals surface area (Å²) < 4.78 is 6.93. The van der Waals surface area contributed by atoms with Gasteiger partial charge < -0.3 is 0 Å². The lowest BCUT2D eigenvalue weighted by Crippen LogP contribution is -1.90. The van der Waals surface area contributed by atoms with Crippen LogP contribution in [0.1, 0.15) is 5.56 Å². The highest BCUT2D eigenvalue weighted by molar-refractivity contribution is 6.08. The number of hydrogen-bond donors (Lipinski definition) is 0. The molecule has 0 aliphatic carbocycles. The molecule has 5 heteroatoms. The monoisotopic (exact) mass is 587 g/mol. The fraction of sp³-hybridized carbons (Fsp3) is 0.0244. The van der Waals surface area contributed by atoms with Crippen LogP contribution in [0.2, 0.25) is 0 Å². The molecule has 214 valence electrons. The lowest BCUT2D eigenvalue weighted by Gasteiger charge is -2.11. The van der Waals surface area contributed by atoms with Crippen LogP contribution in [-0.2, 0) is 0 Å². The molecular weight excluding hydrogens is 562 g/mol. The van der Waals surface area contributed by atoms with Crippen molar-refractivity contribution in [3.63, 3.8) is 0 Å². The SMILES string of the molecule is Cc1ccc(-c2ccccc2)cc1-c1cc2c3c(c1)n1c4cc5ccccc5cc4nc1n3c1nc3cc4ccccc4cc3n21. The number of imidazole rings is 4. The second-order valence-corrected chi connectivity index (χ2v) is 12.5. The van der Waals surface area contributed by atoms with Gasteiger partial charge in [-0.2, -0.15) is 0 Å². The smallest absolute Gasteiger partial charge is 0.223 e. The van der Waals surface area contributed by atoms with E-state index in [0.29, 0.717) is 0 Å². The minimum absolute atomic E-state index is 0.882. The van der Waals surface area contributed by atoms with Crippen LogP contribution < -0.4 is 0 Å². The van der Waals surface area contributed by atoms with Crippen molar-refractivity contribution in [3.8, 4) is 22.3 Å². The van der Waals surface area contributed by atoms with E-state index in [-0.39, 0.29) is 0 Å². The molecule has 0 aliphatic rings. The molecule has 11 rings (SSSR count). The highest BCUT2D eigenvalue weighted by atomic mass is 15.3. The molecular formula is C41H25N5. The largest absolute Gasteiger partial charge is 0.276 e. The maximum Gasteiger partial charge on any atom is 0.223 e. The van der Waals surface area contributed by atoms with E-state index >= 15 is 0 Å². The van der Waals surface area contributed by atoms with Crippen molar-refractivity contribution in [1.29, 1.82) is 0 Å². The van der Waals surface area contributed by atoms with Gasteiger partial charge in [-0.25, -0.2) is 14.4 Å². The Hall–Kier alpha value is -6.20. The third-order valence-corrected chi connectivity index (χ3v) is 9.84. The first kappa shape index (κ1) is 24.2. The van der Waals surface area contributed by atoms with Gasteiger partial charge in [-0.1, -0.05) is 91.0 Å². The van der Waals surface area contributed by atoms with E-state index in [4.69, 9.17) is 9.97 Å². The lowest BCUT2D eigenvalue weighted by molar-refractivity contribution is 1.15. The lowest BCUT2D eigenvalue weighted by atomic mass is 9.95. The van der Waals surface area contributed by atoms with Crippen molar-refractivity contribution in [1.82, 2.24) is 23.2 Å². The van der Waals surface area contributed by atoms with Crippen LogP contribution in [0.15, 0.2) is 133 Å². The van der Waals surface area contributed by atoms with Crippen molar-refractivity contribution in [2.45, 2.75) is 6.92 Å². The van der Waals surface area contributed by atoms with Gasteiger partial charge >= 0.3 is 0 Å². The Kier molecular flexibility index (Phi) is 4.46. The first-order valence-electron chi connectivity index (χ1n) is 15.7. The van der Waals surface area contributed by atoms with E-state index in [9.17, 15) is 0 Å². The van der Waals surface area contributed by atoms with Crippen molar-refractivity contribution in [2.24, 2.45) is 0 Å². The molecule has 0 atom stereocenters. The molecule has 0 bridgehead atoms. The Morgan fingerprint density at radius 3 is 1.50 bits per heavy atom. The third kappa shape index (κ3) is 3.09. The van der Waals surface area contributed by atoms with E-state index in [2.05, 4.69) is 154 Å². The molecule has 11 aromatic rings. The van der Waals surface area contributed by atoms with Crippen molar-refractivity contribution in [2.75, 3.05) is 0 Å². The summed E-state index contributed by atoms with van der Waals surface area (Å²) in [6, 6.07) is 48.1. The molecule has 4 aromatic heterocycles. The summed E-state index contributed by atoms with van der Waals surface area (Å²) in [6.07, 6.45) is 0. The first-order chi connectivity index (χ1) is 22.7. The fourth-order valence-corrected chi connectivity index (χ4v) is 7.64. The number of fused-ring (bicyclic) bond motifs is 12. The van der Waals surface area contributed by atoms with E-state index in [1.807, 2.05) is 0 Å². The maximum absolute atomic E-state index is 5.28. The highest BCUT2D eigenvalue weighted by Gasteiger charge is 2.25. The Morgan fingerprint density at radius 2 is 0.935 bits per heavy atom. The van der Waals surface area contributed by atoms with Crippen LogP contribution in [0.3, 0.4) is 0 Å². The molecule has 5 nitrogen and oxygen atoms in total. The van der Waals surface area contributed by atoms with Crippen LogP contribution in [0.4, 0.5) is 0 Å². The maximum atomic E-state index is 5.28. The predicted molar refractivity (Wildman–Crippen MR) is 189 cm³/mol. The van der Waals surface area contributed by atoms with E-state index in [1.165, 1.54) is 49.4 Å². The van der Waals surface area contributed by atoms with Gasteiger partial charge in [0.2, 0.25) is 11.6 Å². The molecule has 0 N–H and O–H groups in total. The summed E-state index contributed by atoms with van der Waals surface area (Å²) in [5.74, 6) is 1.76.